The van der Waals surface area contributed by atoms with Crippen molar-refractivity contribution in [3.05, 3.63) is 58.5 Å². The summed E-state index contributed by atoms with van der Waals surface area (Å²) in [5.41, 5.74) is -5.09. The van der Waals surface area contributed by atoms with Gasteiger partial charge in [-0.25, -0.2) is 0 Å². The average molecular weight is 628 g/mol. The molecule has 3 unspecified atom stereocenters. The van der Waals surface area contributed by atoms with Crippen LogP contribution < -0.4 is 5.48 Å². The largest absolute Gasteiger partial charge is 0.508 e. The van der Waals surface area contributed by atoms with Gasteiger partial charge in [0.15, 0.2) is 11.4 Å². The van der Waals surface area contributed by atoms with Crippen molar-refractivity contribution >= 4 is 17.6 Å². The first-order valence-corrected chi connectivity index (χ1v) is 13.2. The molecular formula is C27H33NO16. The molecular weight excluding hydrogens is 594 g/mol. The third-order valence-electron chi connectivity index (χ3n) is 7.87. The Morgan fingerprint density at radius 2 is 1.39 bits per heavy atom. The highest BCUT2D eigenvalue weighted by Crippen LogP contribution is 2.43. The van der Waals surface area contributed by atoms with Crippen LogP contribution in [0.15, 0.2) is 52.9 Å². The molecule has 2 heterocycles. The van der Waals surface area contributed by atoms with Gasteiger partial charge in [-0.3, -0.25) is 20.3 Å². The van der Waals surface area contributed by atoms with E-state index in [0.29, 0.717) is 5.56 Å². The number of hydrogen-bond acceptors (Lipinski definition) is 17. The van der Waals surface area contributed by atoms with E-state index >= 15 is 0 Å². The van der Waals surface area contributed by atoms with Crippen molar-refractivity contribution in [2.45, 2.75) is 66.6 Å². The van der Waals surface area contributed by atoms with Crippen LogP contribution in [0.2, 0.25) is 0 Å². The van der Waals surface area contributed by atoms with E-state index in [-0.39, 0.29) is 5.75 Å². The second-order valence-electron chi connectivity index (χ2n) is 10.5. The number of ketones is 2. The average Bonchev–Trinajstić information content (AvgIpc) is 3.00. The van der Waals surface area contributed by atoms with Gasteiger partial charge in [0.25, 0.3) is 0 Å². The maximum Gasteiger partial charge on any atom is 0.211 e. The fraction of sp³-hybridized carbons (Fsp3) is 0.481. The number of nitrogens with one attached hydrogen (secondary N) is 1. The SMILES string of the molecule is O=C(/C=C/c1ccc(O)cc1)C1=C(O)C(C2O[C@H](CO)[C@@H](O)[C@H](O)[C@H]2O)=C(NO)C(O)(C2O[C@H](CO)[C@@H](O)[C@H](O)[C@H]2O)C1=O. The molecule has 0 bridgehead atoms. The van der Waals surface area contributed by atoms with Crippen LogP contribution in [-0.4, -0.2) is 153 Å². The molecule has 1 aromatic carbocycles. The molecule has 0 aromatic heterocycles. The number of Topliss-reactive ketones (excluding diaryl/α,β-unsaturated/α-hetero) is 1. The molecule has 1 aliphatic carbocycles. The van der Waals surface area contributed by atoms with Gasteiger partial charge in [0, 0.05) is 0 Å². The summed E-state index contributed by atoms with van der Waals surface area (Å²) in [6.45, 7) is -1.97. The number of phenolic OH excluding ortho intramolecular Hbond substituents is 1. The van der Waals surface area contributed by atoms with Crippen LogP contribution in [0.4, 0.5) is 0 Å². The zero-order valence-electron chi connectivity index (χ0n) is 22.7. The fourth-order valence-electron chi connectivity index (χ4n) is 5.42. The molecule has 2 aliphatic heterocycles. The van der Waals surface area contributed by atoms with Crippen LogP contribution >= 0.6 is 0 Å². The molecule has 0 amide bonds. The Bertz CT molecular complexity index is 1340. The van der Waals surface area contributed by atoms with Crippen molar-refractivity contribution in [2.24, 2.45) is 0 Å². The number of aromatic hydroxyl groups is 1. The van der Waals surface area contributed by atoms with E-state index in [2.05, 4.69) is 0 Å². The zero-order valence-corrected chi connectivity index (χ0v) is 22.7. The number of allylic oxidation sites excluding steroid dienone is 1. The molecule has 2 saturated heterocycles. The van der Waals surface area contributed by atoms with Gasteiger partial charge in [-0.15, -0.1) is 0 Å². The van der Waals surface area contributed by atoms with Crippen molar-refractivity contribution in [1.29, 1.82) is 0 Å². The monoisotopic (exact) mass is 627 g/mol. The molecule has 0 spiro atoms. The van der Waals surface area contributed by atoms with E-state index in [4.69, 9.17) is 9.47 Å². The van der Waals surface area contributed by atoms with Crippen LogP contribution in [-0.2, 0) is 19.1 Å². The highest BCUT2D eigenvalue weighted by Gasteiger charge is 2.63. The summed E-state index contributed by atoms with van der Waals surface area (Å²) < 4.78 is 10.8. The fourth-order valence-corrected chi connectivity index (χ4v) is 5.42. The van der Waals surface area contributed by atoms with Gasteiger partial charge in [0.05, 0.1) is 24.5 Å². The molecule has 44 heavy (non-hydrogen) atoms. The molecule has 4 rings (SSSR count). The van der Waals surface area contributed by atoms with Gasteiger partial charge >= 0.3 is 0 Å². The van der Waals surface area contributed by atoms with Crippen molar-refractivity contribution in [3.63, 3.8) is 0 Å². The molecule has 242 valence electrons. The number of aliphatic hydroxyl groups excluding tert-OH is 9. The lowest BCUT2D eigenvalue weighted by Crippen LogP contribution is -2.70. The molecule has 1 aromatic rings. The molecule has 13 N–H and O–H groups in total. The van der Waals surface area contributed by atoms with Crippen molar-refractivity contribution in [1.82, 2.24) is 5.48 Å². The van der Waals surface area contributed by atoms with Gasteiger partial charge in [0.1, 0.15) is 78.1 Å². The maximum atomic E-state index is 13.9. The summed E-state index contributed by atoms with van der Waals surface area (Å²) >= 11 is 0. The quantitative estimate of drug-likeness (QED) is 0.0729. The predicted molar refractivity (Wildman–Crippen MR) is 141 cm³/mol. The Kier molecular flexibility index (Phi) is 9.90. The number of carbonyl (C=O) groups is 2. The Hall–Kier alpha value is -3.30. The molecule has 17 heteroatoms. The van der Waals surface area contributed by atoms with Gasteiger partial charge in [-0.2, -0.15) is 0 Å². The van der Waals surface area contributed by atoms with Gasteiger partial charge in [-0.1, -0.05) is 18.2 Å². The summed E-state index contributed by atoms with van der Waals surface area (Å²) in [4.78, 5) is 27.4. The maximum absolute atomic E-state index is 13.9. The normalized spacial score (nSPS) is 38.4. The van der Waals surface area contributed by atoms with Crippen LogP contribution in [0.1, 0.15) is 5.56 Å². The minimum atomic E-state index is -3.47. The first-order valence-electron chi connectivity index (χ1n) is 13.2. The lowest BCUT2D eigenvalue weighted by Gasteiger charge is -2.49. The Morgan fingerprint density at radius 3 is 1.93 bits per heavy atom. The summed E-state index contributed by atoms with van der Waals surface area (Å²) in [7, 11) is 0. The van der Waals surface area contributed by atoms with Crippen LogP contribution in [0.25, 0.3) is 6.08 Å². The second-order valence-corrected chi connectivity index (χ2v) is 10.5. The van der Waals surface area contributed by atoms with Crippen molar-refractivity contribution < 1.29 is 80.4 Å². The van der Waals surface area contributed by atoms with E-state index in [1.165, 1.54) is 29.7 Å². The van der Waals surface area contributed by atoms with E-state index in [1.54, 1.807) is 0 Å². The number of hydroxylamine groups is 1. The van der Waals surface area contributed by atoms with E-state index in [0.717, 1.165) is 12.2 Å². The minimum Gasteiger partial charge on any atom is -0.508 e. The van der Waals surface area contributed by atoms with Crippen LogP contribution in [0.3, 0.4) is 0 Å². The highest BCUT2D eigenvalue weighted by molar-refractivity contribution is 6.29. The summed E-state index contributed by atoms with van der Waals surface area (Å²) in [5.74, 6) is -4.45. The Labute approximate surface area is 248 Å². The second kappa shape index (κ2) is 13.0. The van der Waals surface area contributed by atoms with E-state index in [1.807, 2.05) is 0 Å². The lowest BCUT2D eigenvalue weighted by atomic mass is 9.71. The number of rotatable bonds is 8. The van der Waals surface area contributed by atoms with Crippen molar-refractivity contribution in [2.75, 3.05) is 13.2 Å². The zero-order chi connectivity index (χ0) is 32.7. The topological polar surface area (TPSA) is 307 Å². The number of ether oxygens (including phenoxy) is 2. The van der Waals surface area contributed by atoms with Gasteiger partial charge in [0.2, 0.25) is 5.78 Å². The summed E-state index contributed by atoms with van der Waals surface area (Å²) in [6.07, 6.45) is -18.6. The Balaban J connectivity index is 1.94. The smallest absolute Gasteiger partial charge is 0.211 e. The number of benzene rings is 1. The lowest BCUT2D eigenvalue weighted by molar-refractivity contribution is -0.261. The van der Waals surface area contributed by atoms with Crippen LogP contribution in [0, 0.1) is 0 Å². The summed E-state index contributed by atoms with van der Waals surface area (Å²) in [6, 6.07) is 5.33. The molecule has 2 fully saturated rings. The van der Waals surface area contributed by atoms with E-state index < -0.39 is 114 Å². The summed E-state index contributed by atoms with van der Waals surface area (Å²) in [5, 5.41) is 125. The number of phenols is 1. The van der Waals surface area contributed by atoms with Crippen molar-refractivity contribution in [3.8, 4) is 5.75 Å². The number of carbonyl (C=O) groups excluding carboxylic acids is 2. The van der Waals surface area contributed by atoms with E-state index in [9.17, 15) is 71.0 Å². The minimum absolute atomic E-state index is 0.0979. The van der Waals surface area contributed by atoms with Gasteiger partial charge in [-0.05, 0) is 23.8 Å². The number of aliphatic hydroxyl groups is 10. The predicted octanol–water partition coefficient (Wildman–Crippen LogP) is -4.98. The third kappa shape index (κ3) is 5.53. The highest BCUT2D eigenvalue weighted by atomic mass is 16.6. The first-order chi connectivity index (χ1) is 20.7. The number of hydrogen-bond donors (Lipinski definition) is 13. The Morgan fingerprint density at radius 1 is 0.841 bits per heavy atom. The molecule has 17 nitrogen and oxygen atoms in total. The standard InChI is InChI=1S/C27H33NO16/c29-7-12-16(33)19(36)21(38)23(43-12)15-18(35)14(11(32)6-3-9-1-4-10(31)5-2-9)25(40)27(41,24(15)28-42)26-22(39)20(37)17(34)13(8-30)44-26/h1-6,12-13,16-17,19-23,26,28-31,33-39,41-42H,7-8H2/b6-3+/t12-,13-,16-,17-,19+,20+,21-,22-,23?,26?,27?/m1/s1. The molecule has 0 radical (unpaired) electrons. The molecule has 0 saturated carbocycles. The molecule has 11 atom stereocenters. The first kappa shape index (κ1) is 33.6. The molecule has 3 aliphatic rings. The van der Waals surface area contributed by atoms with Gasteiger partial charge < -0.3 is 65.6 Å². The third-order valence-corrected chi connectivity index (χ3v) is 7.87. The van der Waals surface area contributed by atoms with Crippen LogP contribution in [0.5, 0.6) is 5.75 Å².